The van der Waals surface area contributed by atoms with Crippen LogP contribution in [-0.4, -0.2) is 23.7 Å². The van der Waals surface area contributed by atoms with E-state index >= 15 is 0 Å². The van der Waals surface area contributed by atoms with E-state index in [4.69, 9.17) is 0 Å². The van der Waals surface area contributed by atoms with Gasteiger partial charge < -0.3 is 0 Å². The molecule has 4 nitrogen and oxygen atoms in total. The third-order valence-electron chi connectivity index (χ3n) is 1.49. The summed E-state index contributed by atoms with van der Waals surface area (Å²) in [5.74, 6) is 0. The van der Waals surface area contributed by atoms with Crippen LogP contribution in [0.4, 0.5) is 13.2 Å². The molecule has 0 aromatic carbocycles. The topological polar surface area (TPSA) is 52.0 Å². The van der Waals surface area contributed by atoms with Gasteiger partial charge in [-0.3, -0.25) is 4.68 Å². The molecule has 84 valence electrons. The molecule has 0 amide bonds. The molecular weight excluding hydrogens is 233 g/mol. The summed E-state index contributed by atoms with van der Waals surface area (Å²) in [4.78, 5) is 0. The van der Waals surface area contributed by atoms with Gasteiger partial charge in [0, 0.05) is 24.2 Å². The fraction of sp³-hybridized carbons (Fsp3) is 0.286. The van der Waals surface area contributed by atoms with E-state index in [9.17, 15) is 21.6 Å². The van der Waals surface area contributed by atoms with E-state index in [1.807, 2.05) is 0 Å². The first kappa shape index (κ1) is 11.8. The fourth-order valence-corrected chi connectivity index (χ4v) is 1.26. The number of alkyl halides is 3. The molecule has 0 saturated heterocycles. The Morgan fingerprint density at radius 2 is 2.07 bits per heavy atom. The summed E-state index contributed by atoms with van der Waals surface area (Å²) in [6, 6.07) is 0. The summed E-state index contributed by atoms with van der Waals surface area (Å²) in [7, 11) is -3.64. The molecule has 0 fully saturated rings. The number of aryl methyl sites for hydroxylation is 1. The lowest BCUT2D eigenvalue weighted by atomic mass is 10.4. The number of halogens is 3. The van der Waals surface area contributed by atoms with Gasteiger partial charge in [0.15, 0.2) is 0 Å². The predicted octanol–water partition coefficient (Wildman–Crippen LogP) is 1.33. The Kier molecular flexibility index (Phi) is 2.89. The van der Waals surface area contributed by atoms with Crippen LogP contribution in [0.2, 0.25) is 0 Å². The molecule has 1 aromatic heterocycles. The average Bonchev–Trinajstić information content (AvgIpc) is 2.46. The molecule has 0 N–H and O–H groups in total. The van der Waals surface area contributed by atoms with Crippen molar-refractivity contribution in [3.05, 3.63) is 23.4 Å². The second-order valence-electron chi connectivity index (χ2n) is 2.74. The molecule has 0 spiro atoms. The molecule has 0 aliphatic rings. The van der Waals surface area contributed by atoms with Crippen molar-refractivity contribution in [3.8, 4) is 0 Å². The minimum atomic E-state index is -5.26. The Bertz CT molecular complexity index is 473. The smallest absolute Gasteiger partial charge is 0.275 e. The quantitative estimate of drug-likeness (QED) is 0.783. The summed E-state index contributed by atoms with van der Waals surface area (Å²) in [6.07, 6.45) is 3.49. The molecule has 0 saturated carbocycles. The highest BCUT2D eigenvalue weighted by Gasteiger charge is 2.43. The van der Waals surface area contributed by atoms with Crippen molar-refractivity contribution in [1.82, 2.24) is 9.78 Å². The molecule has 8 heteroatoms. The van der Waals surface area contributed by atoms with Crippen molar-refractivity contribution in [1.29, 1.82) is 0 Å². The molecule has 0 atom stereocenters. The van der Waals surface area contributed by atoms with Crippen molar-refractivity contribution in [2.45, 2.75) is 5.51 Å². The van der Waals surface area contributed by atoms with Crippen LogP contribution in [0.1, 0.15) is 5.56 Å². The number of nitrogens with zero attached hydrogens (tertiary/aromatic N) is 2. The number of rotatable bonds is 2. The zero-order chi connectivity index (χ0) is 11.7. The lowest BCUT2D eigenvalue weighted by Gasteiger charge is -2.01. The maximum Gasteiger partial charge on any atom is 0.501 e. The first-order chi connectivity index (χ1) is 6.72. The number of hydrogen-bond donors (Lipinski definition) is 0. The molecule has 0 aliphatic heterocycles. The lowest BCUT2D eigenvalue weighted by molar-refractivity contribution is -0.0423. The Hall–Kier alpha value is -1.31. The van der Waals surface area contributed by atoms with Gasteiger partial charge in [-0.15, -0.1) is 0 Å². The summed E-state index contributed by atoms with van der Waals surface area (Å²) in [6.45, 7) is 0. The van der Waals surface area contributed by atoms with Crippen LogP contribution < -0.4 is 0 Å². The van der Waals surface area contributed by atoms with Gasteiger partial charge in [0.25, 0.3) is 9.84 Å². The van der Waals surface area contributed by atoms with E-state index in [1.165, 1.54) is 17.1 Å². The summed E-state index contributed by atoms with van der Waals surface area (Å²) in [5, 5.41) is 3.78. The molecule has 0 radical (unpaired) electrons. The highest BCUT2D eigenvalue weighted by molar-refractivity contribution is 7.95. The highest BCUT2D eigenvalue weighted by Crippen LogP contribution is 2.25. The van der Waals surface area contributed by atoms with Crippen LogP contribution in [0.15, 0.2) is 17.8 Å². The molecule has 0 unspecified atom stereocenters. The molecule has 0 aliphatic carbocycles. The van der Waals surface area contributed by atoms with Gasteiger partial charge in [-0.05, 0) is 6.08 Å². The summed E-state index contributed by atoms with van der Waals surface area (Å²) in [5.41, 5.74) is -4.98. The van der Waals surface area contributed by atoms with Gasteiger partial charge in [-0.2, -0.15) is 18.3 Å². The normalized spacial score (nSPS) is 13.6. The Balaban J connectivity index is 2.92. The monoisotopic (exact) mass is 240 g/mol. The first-order valence-corrected chi connectivity index (χ1v) is 5.25. The average molecular weight is 240 g/mol. The van der Waals surface area contributed by atoms with Crippen LogP contribution in [-0.2, 0) is 16.9 Å². The van der Waals surface area contributed by atoms with Crippen LogP contribution in [0.3, 0.4) is 0 Å². The Morgan fingerprint density at radius 1 is 1.47 bits per heavy atom. The van der Waals surface area contributed by atoms with Crippen LogP contribution in [0.5, 0.6) is 0 Å². The van der Waals surface area contributed by atoms with E-state index in [-0.39, 0.29) is 11.0 Å². The van der Waals surface area contributed by atoms with Crippen molar-refractivity contribution >= 4 is 15.9 Å². The molecule has 1 heterocycles. The molecule has 15 heavy (non-hydrogen) atoms. The minimum Gasteiger partial charge on any atom is -0.275 e. The molecule has 1 aromatic rings. The SMILES string of the molecule is Cn1cc(/C=C/S(=O)(=O)C(F)(F)F)cn1. The Morgan fingerprint density at radius 3 is 2.47 bits per heavy atom. The lowest BCUT2D eigenvalue weighted by Crippen LogP contribution is -2.20. The van der Waals surface area contributed by atoms with Gasteiger partial charge in [0.05, 0.1) is 6.20 Å². The summed E-state index contributed by atoms with van der Waals surface area (Å²) >= 11 is 0. The van der Waals surface area contributed by atoms with E-state index in [2.05, 4.69) is 5.10 Å². The minimum absolute atomic E-state index is 0.115. The van der Waals surface area contributed by atoms with Gasteiger partial charge in [0.1, 0.15) is 0 Å². The standard InChI is InChI=1S/C7H7F3N2O2S/c1-12-5-6(4-11-12)2-3-15(13,14)7(8,9)10/h2-5H,1H3/b3-2+. The van der Waals surface area contributed by atoms with E-state index in [0.29, 0.717) is 0 Å². The van der Waals surface area contributed by atoms with Crippen LogP contribution in [0, 0.1) is 0 Å². The third-order valence-corrected chi connectivity index (χ3v) is 2.63. The third kappa shape index (κ3) is 2.82. The van der Waals surface area contributed by atoms with Gasteiger partial charge >= 0.3 is 5.51 Å². The van der Waals surface area contributed by atoms with E-state index in [0.717, 1.165) is 6.08 Å². The first-order valence-electron chi connectivity index (χ1n) is 3.70. The molecule has 0 bridgehead atoms. The van der Waals surface area contributed by atoms with E-state index in [1.54, 1.807) is 7.05 Å². The van der Waals surface area contributed by atoms with Crippen LogP contribution in [0.25, 0.3) is 6.08 Å². The maximum absolute atomic E-state index is 11.9. The van der Waals surface area contributed by atoms with Crippen molar-refractivity contribution in [3.63, 3.8) is 0 Å². The predicted molar refractivity (Wildman–Crippen MR) is 47.2 cm³/mol. The highest BCUT2D eigenvalue weighted by atomic mass is 32.2. The molecular formula is C7H7F3N2O2S. The number of sulfone groups is 1. The molecule has 1 rings (SSSR count). The van der Waals surface area contributed by atoms with Crippen molar-refractivity contribution in [2.75, 3.05) is 0 Å². The zero-order valence-electron chi connectivity index (χ0n) is 7.56. The van der Waals surface area contributed by atoms with Gasteiger partial charge in [-0.1, -0.05) is 0 Å². The zero-order valence-corrected chi connectivity index (χ0v) is 8.38. The van der Waals surface area contributed by atoms with Gasteiger partial charge in [0.2, 0.25) is 0 Å². The van der Waals surface area contributed by atoms with Crippen molar-refractivity contribution in [2.24, 2.45) is 7.05 Å². The second-order valence-corrected chi connectivity index (χ2v) is 4.57. The van der Waals surface area contributed by atoms with Gasteiger partial charge in [-0.25, -0.2) is 8.42 Å². The maximum atomic E-state index is 11.9. The number of aromatic nitrogens is 2. The van der Waals surface area contributed by atoms with E-state index < -0.39 is 15.3 Å². The Labute approximate surface area is 83.9 Å². The van der Waals surface area contributed by atoms with Crippen LogP contribution >= 0.6 is 0 Å². The second kappa shape index (κ2) is 3.69. The summed E-state index contributed by atoms with van der Waals surface area (Å²) < 4.78 is 58.2. The largest absolute Gasteiger partial charge is 0.501 e. The van der Waals surface area contributed by atoms with Crippen molar-refractivity contribution < 1.29 is 21.6 Å². The fourth-order valence-electron chi connectivity index (χ4n) is 0.772. The number of hydrogen-bond acceptors (Lipinski definition) is 3.